The van der Waals surface area contributed by atoms with Crippen LogP contribution in [0.3, 0.4) is 0 Å². The molecule has 1 aliphatic carbocycles. The van der Waals surface area contributed by atoms with Crippen LogP contribution in [0, 0.1) is 10.8 Å². The SMILES string of the molecule is CC(C)(C)C(=O)NC(=N[C@H]1CCCC[C@@H]1N=C(NC(=O)C(C)(C)C)c1ccccc1)c1ccccc1. The molecule has 2 atom stereocenters. The molecule has 0 unspecified atom stereocenters. The summed E-state index contributed by atoms with van der Waals surface area (Å²) < 4.78 is 0. The molecule has 2 N–H and O–H groups in total. The minimum atomic E-state index is -0.544. The number of carbonyl (C=O) groups excluding carboxylic acids is 2. The van der Waals surface area contributed by atoms with Gasteiger partial charge < -0.3 is 10.6 Å². The third-order valence-corrected chi connectivity index (χ3v) is 6.20. The average molecular weight is 489 g/mol. The number of amides is 2. The van der Waals surface area contributed by atoms with Crippen LogP contribution in [-0.4, -0.2) is 35.6 Å². The third-order valence-electron chi connectivity index (χ3n) is 6.20. The fraction of sp³-hybridized carbons (Fsp3) is 0.467. The Balaban J connectivity index is 2.00. The molecule has 2 aromatic rings. The maximum absolute atomic E-state index is 12.9. The molecule has 36 heavy (non-hydrogen) atoms. The van der Waals surface area contributed by atoms with Gasteiger partial charge in [-0.15, -0.1) is 0 Å². The average Bonchev–Trinajstić information content (AvgIpc) is 2.84. The second kappa shape index (κ2) is 11.6. The summed E-state index contributed by atoms with van der Waals surface area (Å²) in [6.45, 7) is 11.3. The molecule has 1 fully saturated rings. The molecular weight excluding hydrogens is 448 g/mol. The third kappa shape index (κ3) is 7.61. The number of benzene rings is 2. The van der Waals surface area contributed by atoms with E-state index in [0.29, 0.717) is 11.7 Å². The molecular formula is C30H40N4O2. The maximum atomic E-state index is 12.9. The molecule has 1 saturated carbocycles. The van der Waals surface area contributed by atoms with Crippen LogP contribution in [-0.2, 0) is 9.59 Å². The van der Waals surface area contributed by atoms with Crippen molar-refractivity contribution >= 4 is 23.5 Å². The molecule has 0 aliphatic heterocycles. The van der Waals surface area contributed by atoms with Crippen LogP contribution in [0.1, 0.15) is 78.4 Å². The van der Waals surface area contributed by atoms with Crippen LogP contribution in [0.2, 0.25) is 0 Å². The molecule has 0 bridgehead atoms. The first-order valence-corrected chi connectivity index (χ1v) is 12.8. The number of nitrogens with one attached hydrogen (secondary N) is 2. The Labute approximate surface area is 215 Å². The number of rotatable bonds is 4. The monoisotopic (exact) mass is 488 g/mol. The molecule has 0 heterocycles. The lowest BCUT2D eigenvalue weighted by atomic mass is 9.90. The van der Waals surface area contributed by atoms with Gasteiger partial charge in [0.15, 0.2) is 0 Å². The van der Waals surface area contributed by atoms with Crippen molar-refractivity contribution in [2.75, 3.05) is 0 Å². The van der Waals surface area contributed by atoms with E-state index in [1.54, 1.807) is 0 Å². The molecule has 2 amide bonds. The molecule has 3 rings (SSSR count). The summed E-state index contributed by atoms with van der Waals surface area (Å²) in [5, 5.41) is 6.14. The quantitative estimate of drug-likeness (QED) is 0.439. The van der Waals surface area contributed by atoms with Crippen molar-refractivity contribution in [2.24, 2.45) is 20.8 Å². The molecule has 6 heteroatoms. The number of aliphatic imine (C=N–C) groups is 2. The van der Waals surface area contributed by atoms with E-state index in [1.807, 2.05) is 102 Å². The van der Waals surface area contributed by atoms with E-state index in [0.717, 1.165) is 36.8 Å². The van der Waals surface area contributed by atoms with Crippen LogP contribution in [0.4, 0.5) is 0 Å². The van der Waals surface area contributed by atoms with Crippen molar-refractivity contribution in [3.63, 3.8) is 0 Å². The van der Waals surface area contributed by atoms with Crippen LogP contribution in [0.15, 0.2) is 70.6 Å². The number of hydrogen-bond donors (Lipinski definition) is 2. The van der Waals surface area contributed by atoms with Crippen molar-refractivity contribution in [1.29, 1.82) is 0 Å². The zero-order valence-corrected chi connectivity index (χ0v) is 22.5. The van der Waals surface area contributed by atoms with E-state index in [-0.39, 0.29) is 23.9 Å². The summed E-state index contributed by atoms with van der Waals surface area (Å²) in [5.41, 5.74) is 0.648. The van der Waals surface area contributed by atoms with E-state index in [2.05, 4.69) is 10.6 Å². The van der Waals surface area contributed by atoms with Crippen molar-refractivity contribution in [3.05, 3.63) is 71.8 Å². The van der Waals surface area contributed by atoms with Gasteiger partial charge in [-0.05, 0) is 12.8 Å². The Morgan fingerprint density at radius 2 is 0.972 bits per heavy atom. The predicted molar refractivity (Wildman–Crippen MR) is 147 cm³/mol. The highest BCUT2D eigenvalue weighted by molar-refractivity contribution is 6.10. The second-order valence-corrected chi connectivity index (χ2v) is 11.5. The Hall–Kier alpha value is -3.28. The van der Waals surface area contributed by atoms with E-state index in [4.69, 9.17) is 9.98 Å². The number of amidine groups is 2. The minimum Gasteiger partial charge on any atom is -0.310 e. The lowest BCUT2D eigenvalue weighted by molar-refractivity contribution is -0.127. The van der Waals surface area contributed by atoms with Gasteiger partial charge >= 0.3 is 0 Å². The summed E-state index contributed by atoms with van der Waals surface area (Å²) in [4.78, 5) is 35.9. The molecule has 2 aromatic carbocycles. The van der Waals surface area contributed by atoms with E-state index in [1.165, 1.54) is 0 Å². The van der Waals surface area contributed by atoms with Crippen LogP contribution in [0.25, 0.3) is 0 Å². The highest BCUT2D eigenvalue weighted by Gasteiger charge is 2.29. The van der Waals surface area contributed by atoms with Gasteiger partial charge in [0, 0.05) is 22.0 Å². The molecule has 0 spiro atoms. The topological polar surface area (TPSA) is 82.9 Å². The van der Waals surface area contributed by atoms with E-state index >= 15 is 0 Å². The Kier molecular flexibility index (Phi) is 8.83. The molecule has 1 aliphatic rings. The molecule has 0 radical (unpaired) electrons. The predicted octanol–water partition coefficient (Wildman–Crippen LogP) is 5.52. The van der Waals surface area contributed by atoms with Crippen molar-refractivity contribution in [3.8, 4) is 0 Å². The summed E-state index contributed by atoms with van der Waals surface area (Å²) in [6, 6.07) is 19.3. The summed E-state index contributed by atoms with van der Waals surface area (Å²) >= 11 is 0. The van der Waals surface area contributed by atoms with Crippen molar-refractivity contribution in [1.82, 2.24) is 10.6 Å². The van der Waals surface area contributed by atoms with E-state index < -0.39 is 10.8 Å². The number of carbonyl (C=O) groups is 2. The first-order chi connectivity index (χ1) is 16.9. The van der Waals surface area contributed by atoms with Gasteiger partial charge in [0.25, 0.3) is 0 Å². The first kappa shape index (κ1) is 27.3. The van der Waals surface area contributed by atoms with Gasteiger partial charge in [-0.1, -0.05) is 115 Å². The maximum Gasteiger partial charge on any atom is 0.230 e. The Morgan fingerprint density at radius 3 is 1.28 bits per heavy atom. The number of hydrogen-bond acceptors (Lipinski definition) is 4. The largest absolute Gasteiger partial charge is 0.310 e. The zero-order valence-electron chi connectivity index (χ0n) is 22.5. The van der Waals surface area contributed by atoms with E-state index in [9.17, 15) is 9.59 Å². The van der Waals surface area contributed by atoms with Gasteiger partial charge in [-0.2, -0.15) is 0 Å². The number of nitrogens with zero attached hydrogens (tertiary/aromatic N) is 2. The van der Waals surface area contributed by atoms with Crippen molar-refractivity contribution in [2.45, 2.75) is 79.3 Å². The minimum absolute atomic E-state index is 0.0802. The smallest absolute Gasteiger partial charge is 0.230 e. The fourth-order valence-corrected chi connectivity index (χ4v) is 3.86. The lowest BCUT2D eigenvalue weighted by Crippen LogP contribution is -2.42. The normalized spacial score (nSPS) is 19.5. The van der Waals surface area contributed by atoms with Crippen molar-refractivity contribution < 1.29 is 9.59 Å². The molecule has 192 valence electrons. The summed E-state index contributed by atoms with van der Waals surface area (Å²) in [5.74, 6) is 0.983. The van der Waals surface area contributed by atoms with Gasteiger partial charge in [-0.25, -0.2) is 0 Å². The highest BCUT2D eigenvalue weighted by atomic mass is 16.2. The lowest BCUT2D eigenvalue weighted by Gasteiger charge is -2.29. The Morgan fingerprint density at radius 1 is 0.639 bits per heavy atom. The highest BCUT2D eigenvalue weighted by Crippen LogP contribution is 2.26. The Bertz CT molecular complexity index is 1000. The second-order valence-electron chi connectivity index (χ2n) is 11.5. The van der Waals surface area contributed by atoms with Gasteiger partial charge in [0.2, 0.25) is 11.8 Å². The summed E-state index contributed by atoms with van der Waals surface area (Å²) in [6.07, 6.45) is 3.82. The molecule has 0 aromatic heterocycles. The molecule has 0 saturated heterocycles. The standard InChI is InChI=1S/C30H40N4O2/c1-29(2,3)27(35)33-25(21-15-9-7-10-16-21)31-23-19-13-14-20-24(23)32-26(22-17-11-8-12-18-22)34-28(36)30(4,5)6/h7-12,15-18,23-24H,13-14,19-20H2,1-6H3,(H,31,33,35)(H,32,34,36)/t23-,24-/m0/s1. The van der Waals surface area contributed by atoms with Gasteiger partial charge in [-0.3, -0.25) is 19.6 Å². The van der Waals surface area contributed by atoms with Gasteiger partial charge in [0.1, 0.15) is 11.7 Å². The van der Waals surface area contributed by atoms with Crippen LogP contribution < -0.4 is 10.6 Å². The zero-order chi connectivity index (χ0) is 26.3. The van der Waals surface area contributed by atoms with Gasteiger partial charge in [0.05, 0.1) is 12.1 Å². The fourth-order valence-electron chi connectivity index (χ4n) is 3.86. The summed E-state index contributed by atoms with van der Waals surface area (Å²) in [7, 11) is 0. The first-order valence-electron chi connectivity index (χ1n) is 12.8. The molecule has 6 nitrogen and oxygen atoms in total. The van der Waals surface area contributed by atoms with Crippen LogP contribution in [0.5, 0.6) is 0 Å². The van der Waals surface area contributed by atoms with Crippen LogP contribution >= 0.6 is 0 Å².